The minimum Gasteiger partial charge on any atom is -0.308 e. The molecule has 1 aromatic rings. The number of hydrogen-bond acceptors (Lipinski definition) is 4. The minimum atomic E-state index is -3.45. The molecule has 1 aromatic heterocycles. The van der Waals surface area contributed by atoms with Crippen molar-refractivity contribution < 1.29 is 8.42 Å². The van der Waals surface area contributed by atoms with Crippen molar-refractivity contribution in [3.63, 3.8) is 0 Å². The summed E-state index contributed by atoms with van der Waals surface area (Å²) in [5.41, 5.74) is 0. The lowest BCUT2D eigenvalue weighted by atomic mass is 10.2. The van der Waals surface area contributed by atoms with Gasteiger partial charge in [0.05, 0.1) is 6.20 Å². The highest BCUT2D eigenvalue weighted by Gasteiger charge is 2.36. The topological polar surface area (TPSA) is 58.4 Å². The van der Waals surface area contributed by atoms with E-state index in [1.807, 2.05) is 19.0 Å². The third kappa shape index (κ3) is 3.97. The number of halogens is 1. The summed E-state index contributed by atoms with van der Waals surface area (Å²) in [6.07, 6.45) is 5.65. The molecule has 0 bridgehead atoms. The van der Waals surface area contributed by atoms with Gasteiger partial charge in [0.15, 0.2) is 0 Å². The second-order valence-corrected chi connectivity index (χ2v) is 7.92. The van der Waals surface area contributed by atoms with Gasteiger partial charge in [0, 0.05) is 37.8 Å². The van der Waals surface area contributed by atoms with Crippen LogP contribution in [0.1, 0.15) is 19.3 Å². The summed E-state index contributed by atoms with van der Waals surface area (Å²) in [6.45, 7) is 1.98. The highest BCUT2D eigenvalue weighted by atomic mass is 35.5. The quantitative estimate of drug-likeness (QED) is 0.704. The zero-order valence-electron chi connectivity index (χ0n) is 12.6. The van der Waals surface area contributed by atoms with Crippen molar-refractivity contribution in [1.82, 2.24) is 19.0 Å². The molecule has 1 atom stereocenters. The maximum absolute atomic E-state index is 12.7. The van der Waals surface area contributed by atoms with Gasteiger partial charge in [-0.05, 0) is 33.4 Å². The first kappa shape index (κ1) is 16.7. The van der Waals surface area contributed by atoms with Gasteiger partial charge >= 0.3 is 0 Å². The fourth-order valence-electron chi connectivity index (χ4n) is 2.69. The molecule has 1 saturated heterocycles. The predicted octanol–water partition coefficient (Wildman–Crippen LogP) is 1.23. The summed E-state index contributed by atoms with van der Waals surface area (Å²) < 4.78 is 28.7. The maximum atomic E-state index is 12.7. The number of aryl methyl sites for hydroxylation is 1. The van der Waals surface area contributed by atoms with Crippen molar-refractivity contribution in [2.75, 3.05) is 33.1 Å². The van der Waals surface area contributed by atoms with Crippen molar-refractivity contribution in [3.8, 4) is 0 Å². The van der Waals surface area contributed by atoms with Crippen molar-refractivity contribution >= 4 is 21.6 Å². The van der Waals surface area contributed by atoms with Gasteiger partial charge in [-0.1, -0.05) is 0 Å². The normalized spacial score (nSPS) is 20.5. The van der Waals surface area contributed by atoms with E-state index in [1.165, 1.54) is 6.20 Å². The lowest BCUT2D eigenvalue weighted by molar-refractivity contribution is 0.291. The minimum absolute atomic E-state index is 0.0520. The smallest absolute Gasteiger partial charge is 0.246 e. The van der Waals surface area contributed by atoms with Crippen LogP contribution in [0.15, 0.2) is 17.3 Å². The van der Waals surface area contributed by atoms with E-state index in [0.29, 0.717) is 19.0 Å². The van der Waals surface area contributed by atoms with Crippen LogP contribution in [0.3, 0.4) is 0 Å². The Labute approximate surface area is 131 Å². The number of sulfonamides is 1. The van der Waals surface area contributed by atoms with E-state index in [-0.39, 0.29) is 10.9 Å². The molecule has 1 aliphatic rings. The van der Waals surface area contributed by atoms with Crippen LogP contribution in [-0.2, 0) is 16.6 Å². The molecule has 8 heteroatoms. The zero-order chi connectivity index (χ0) is 15.5. The number of aromatic nitrogens is 2. The first-order valence-corrected chi connectivity index (χ1v) is 9.17. The Morgan fingerprint density at radius 2 is 2.24 bits per heavy atom. The van der Waals surface area contributed by atoms with Crippen molar-refractivity contribution in [2.45, 2.75) is 36.7 Å². The maximum Gasteiger partial charge on any atom is 0.246 e. The summed E-state index contributed by atoms with van der Waals surface area (Å²) >= 11 is 5.65. The monoisotopic (exact) mass is 334 g/mol. The number of hydrogen-bond donors (Lipinski definition) is 0. The average Bonchev–Trinajstić information content (AvgIpc) is 3.04. The van der Waals surface area contributed by atoms with E-state index >= 15 is 0 Å². The molecule has 2 rings (SSSR count). The summed E-state index contributed by atoms with van der Waals surface area (Å²) in [4.78, 5) is 2.31. The molecule has 1 aliphatic heterocycles. The lowest BCUT2D eigenvalue weighted by Gasteiger charge is -2.25. The molecule has 1 fully saturated rings. The van der Waals surface area contributed by atoms with E-state index in [0.717, 1.165) is 25.8 Å². The van der Waals surface area contributed by atoms with Crippen molar-refractivity contribution in [3.05, 3.63) is 12.4 Å². The number of likely N-dealkylation sites (N-methyl/N-ethyl adjacent to an activating group) is 1. The van der Waals surface area contributed by atoms with Crippen LogP contribution in [0.2, 0.25) is 0 Å². The SMILES string of the molecule is CN(C)CC1CCCN1S(=O)(=O)c1cnn(CCCCl)c1. The molecule has 2 heterocycles. The highest BCUT2D eigenvalue weighted by molar-refractivity contribution is 7.89. The van der Waals surface area contributed by atoms with Gasteiger partial charge in [-0.2, -0.15) is 9.40 Å². The number of rotatable bonds is 7. The molecule has 0 saturated carbocycles. The molecule has 0 amide bonds. The van der Waals surface area contributed by atoms with Crippen LogP contribution >= 0.6 is 11.6 Å². The fraction of sp³-hybridized carbons (Fsp3) is 0.769. The third-order valence-corrected chi connectivity index (χ3v) is 5.81. The number of nitrogens with zero attached hydrogens (tertiary/aromatic N) is 4. The van der Waals surface area contributed by atoms with Crippen LogP contribution in [0.4, 0.5) is 0 Å². The molecule has 0 aromatic carbocycles. The Balaban J connectivity index is 2.15. The van der Waals surface area contributed by atoms with Gasteiger partial charge in [0.1, 0.15) is 4.90 Å². The van der Waals surface area contributed by atoms with Crippen molar-refractivity contribution in [1.29, 1.82) is 0 Å². The Bertz CT molecular complexity index is 558. The van der Waals surface area contributed by atoms with Gasteiger partial charge in [-0.3, -0.25) is 4.68 Å². The predicted molar refractivity (Wildman–Crippen MR) is 83.0 cm³/mol. The summed E-state index contributed by atoms with van der Waals surface area (Å²) in [6, 6.07) is 0.0520. The van der Waals surface area contributed by atoms with Crippen LogP contribution in [0, 0.1) is 0 Å². The van der Waals surface area contributed by atoms with E-state index in [4.69, 9.17) is 11.6 Å². The fourth-order valence-corrected chi connectivity index (χ4v) is 4.45. The van der Waals surface area contributed by atoms with Gasteiger partial charge in [0.25, 0.3) is 0 Å². The van der Waals surface area contributed by atoms with Gasteiger partial charge < -0.3 is 4.90 Å². The van der Waals surface area contributed by atoms with Gasteiger partial charge in [-0.25, -0.2) is 8.42 Å². The van der Waals surface area contributed by atoms with Gasteiger partial charge in [-0.15, -0.1) is 11.6 Å². The molecule has 21 heavy (non-hydrogen) atoms. The third-order valence-electron chi connectivity index (χ3n) is 3.64. The molecule has 0 spiro atoms. The zero-order valence-corrected chi connectivity index (χ0v) is 14.1. The van der Waals surface area contributed by atoms with Crippen LogP contribution in [0.5, 0.6) is 0 Å². The second kappa shape index (κ2) is 7.09. The standard InChI is InChI=1S/C13H23ClN4O2S/c1-16(2)10-12-5-3-8-18(12)21(19,20)13-9-15-17(11-13)7-4-6-14/h9,11-12H,3-8,10H2,1-2H3. The Morgan fingerprint density at radius 3 is 2.90 bits per heavy atom. The molecule has 0 radical (unpaired) electrons. The molecular formula is C13H23ClN4O2S. The molecule has 120 valence electrons. The summed E-state index contributed by atoms with van der Waals surface area (Å²) in [5, 5.41) is 4.12. The Morgan fingerprint density at radius 1 is 1.48 bits per heavy atom. The molecule has 1 unspecified atom stereocenters. The van der Waals surface area contributed by atoms with E-state index in [2.05, 4.69) is 5.10 Å². The summed E-state index contributed by atoms with van der Waals surface area (Å²) in [7, 11) is 0.484. The van der Waals surface area contributed by atoms with Gasteiger partial charge in [0.2, 0.25) is 10.0 Å². The summed E-state index contributed by atoms with van der Waals surface area (Å²) in [5.74, 6) is 0.541. The van der Waals surface area contributed by atoms with Crippen LogP contribution in [-0.4, -0.2) is 66.5 Å². The first-order valence-electron chi connectivity index (χ1n) is 7.20. The number of alkyl halides is 1. The van der Waals surface area contributed by atoms with E-state index in [1.54, 1.807) is 15.2 Å². The molecule has 6 nitrogen and oxygen atoms in total. The second-order valence-electron chi connectivity index (χ2n) is 5.66. The average molecular weight is 335 g/mol. The highest BCUT2D eigenvalue weighted by Crippen LogP contribution is 2.26. The van der Waals surface area contributed by atoms with Crippen molar-refractivity contribution in [2.24, 2.45) is 0 Å². The lowest BCUT2D eigenvalue weighted by Crippen LogP contribution is -2.41. The van der Waals surface area contributed by atoms with Crippen LogP contribution in [0.25, 0.3) is 0 Å². The first-order chi connectivity index (χ1) is 9.95. The Kier molecular flexibility index (Phi) is 5.65. The molecular weight excluding hydrogens is 312 g/mol. The van der Waals surface area contributed by atoms with E-state index < -0.39 is 10.0 Å². The molecule has 0 aliphatic carbocycles. The van der Waals surface area contributed by atoms with E-state index in [9.17, 15) is 8.42 Å². The molecule has 0 N–H and O–H groups in total. The van der Waals surface area contributed by atoms with Crippen LogP contribution < -0.4 is 0 Å². The Hall–Kier alpha value is -0.630. The largest absolute Gasteiger partial charge is 0.308 e.